The Morgan fingerprint density at radius 2 is 1.41 bits per heavy atom. The summed E-state index contributed by atoms with van der Waals surface area (Å²) >= 11 is 8.27. The van der Waals surface area contributed by atoms with Gasteiger partial charge in [-0.05, 0) is 29.2 Å². The molecule has 2 heterocycles. The highest BCUT2D eigenvalue weighted by Gasteiger charge is 2.47. The van der Waals surface area contributed by atoms with E-state index < -0.39 is 0 Å². The summed E-state index contributed by atoms with van der Waals surface area (Å²) in [6.45, 7) is 8.57. The molecule has 0 bridgehead atoms. The van der Waals surface area contributed by atoms with Crippen LogP contribution in [0, 0.1) is 10.8 Å². The van der Waals surface area contributed by atoms with Gasteiger partial charge in [-0.3, -0.25) is 9.59 Å². The lowest BCUT2D eigenvalue weighted by Gasteiger charge is -2.43. The van der Waals surface area contributed by atoms with Crippen molar-refractivity contribution >= 4 is 34.5 Å². The largest absolute Gasteiger partial charge is 0.362 e. The number of dihydropyridines is 1. The van der Waals surface area contributed by atoms with Crippen LogP contribution in [0.4, 0.5) is 0 Å². The van der Waals surface area contributed by atoms with Gasteiger partial charge in [-0.15, -0.1) is 11.3 Å². The summed E-state index contributed by atoms with van der Waals surface area (Å²) in [6.07, 6.45) is 2.59. The maximum absolute atomic E-state index is 13.5. The van der Waals surface area contributed by atoms with Gasteiger partial charge in [-0.2, -0.15) is 0 Å². The monoisotopic (exact) mass is 465 g/mol. The fourth-order valence-electron chi connectivity index (χ4n) is 5.60. The molecule has 166 valence electrons. The number of thiophene rings is 1. The fourth-order valence-corrected chi connectivity index (χ4v) is 7.07. The van der Waals surface area contributed by atoms with E-state index in [1.54, 1.807) is 11.3 Å². The van der Waals surface area contributed by atoms with Gasteiger partial charge in [0.2, 0.25) is 0 Å². The van der Waals surface area contributed by atoms with E-state index in [2.05, 4.69) is 33.0 Å². The number of ketones is 2. The second-order valence-electron chi connectivity index (χ2n) is 10.9. The van der Waals surface area contributed by atoms with Crippen molar-refractivity contribution in [2.45, 2.75) is 59.3 Å². The minimum Gasteiger partial charge on any atom is -0.362 e. The Morgan fingerprint density at radius 1 is 0.875 bits per heavy atom. The molecule has 0 atom stereocenters. The summed E-state index contributed by atoms with van der Waals surface area (Å²) in [7, 11) is 0. The molecule has 0 saturated heterocycles. The number of Topliss-reactive ketones (excluding diaryl/α,β-unsaturated/α-hetero) is 2. The van der Waals surface area contributed by atoms with E-state index in [4.69, 9.17) is 11.6 Å². The van der Waals surface area contributed by atoms with Crippen molar-refractivity contribution < 1.29 is 9.59 Å². The van der Waals surface area contributed by atoms with Gasteiger partial charge in [-0.1, -0.05) is 69.6 Å². The molecule has 0 spiro atoms. The molecule has 0 unspecified atom stereocenters. The third kappa shape index (κ3) is 3.58. The number of carbonyl (C=O) groups is 2. The van der Waals surface area contributed by atoms with Gasteiger partial charge in [0.05, 0.1) is 10.9 Å². The maximum atomic E-state index is 13.5. The van der Waals surface area contributed by atoms with Crippen LogP contribution in [0.15, 0.2) is 58.3 Å². The predicted molar refractivity (Wildman–Crippen MR) is 131 cm³/mol. The molecule has 5 heteroatoms. The zero-order chi connectivity index (χ0) is 22.8. The minimum absolute atomic E-state index is 0.102. The van der Waals surface area contributed by atoms with Gasteiger partial charge >= 0.3 is 0 Å². The molecule has 32 heavy (non-hydrogen) atoms. The summed E-state index contributed by atoms with van der Waals surface area (Å²) in [6, 6.07) is 10.1. The first-order valence-electron chi connectivity index (χ1n) is 11.2. The van der Waals surface area contributed by atoms with Crippen molar-refractivity contribution in [1.82, 2.24) is 5.32 Å². The van der Waals surface area contributed by atoms with E-state index in [-0.39, 0.29) is 28.3 Å². The molecule has 1 aliphatic heterocycles. The van der Waals surface area contributed by atoms with Gasteiger partial charge in [0.25, 0.3) is 0 Å². The molecule has 5 rings (SSSR count). The van der Waals surface area contributed by atoms with E-state index in [9.17, 15) is 9.59 Å². The number of hydrogen-bond acceptors (Lipinski definition) is 4. The topological polar surface area (TPSA) is 46.2 Å². The lowest BCUT2D eigenvalue weighted by atomic mass is 9.65. The van der Waals surface area contributed by atoms with Crippen LogP contribution in [-0.4, -0.2) is 11.6 Å². The average molecular weight is 466 g/mol. The second-order valence-corrected chi connectivity index (χ2v) is 12.2. The van der Waals surface area contributed by atoms with Crippen LogP contribution in [0.25, 0.3) is 11.1 Å². The van der Waals surface area contributed by atoms with Crippen LogP contribution in [0.2, 0.25) is 5.02 Å². The molecule has 2 aromatic rings. The molecule has 1 aromatic heterocycles. The third-order valence-corrected chi connectivity index (χ3v) is 8.29. The van der Waals surface area contributed by atoms with E-state index in [1.165, 1.54) is 0 Å². The predicted octanol–water partition coefficient (Wildman–Crippen LogP) is 7.04. The molecule has 3 aliphatic rings. The van der Waals surface area contributed by atoms with Gasteiger partial charge in [-0.25, -0.2) is 0 Å². The van der Waals surface area contributed by atoms with Gasteiger partial charge in [0.1, 0.15) is 0 Å². The van der Waals surface area contributed by atoms with Gasteiger partial charge in [0.15, 0.2) is 11.6 Å². The Morgan fingerprint density at radius 3 is 1.94 bits per heavy atom. The zero-order valence-electron chi connectivity index (χ0n) is 19.0. The highest BCUT2D eigenvalue weighted by atomic mass is 35.5. The normalized spacial score (nSPS) is 22.5. The molecule has 0 fully saturated rings. The molecule has 3 nitrogen and oxygen atoms in total. The zero-order valence-corrected chi connectivity index (χ0v) is 20.5. The third-order valence-electron chi connectivity index (χ3n) is 6.82. The minimum atomic E-state index is -0.346. The smallest absolute Gasteiger partial charge is 0.162 e. The number of hydrogen-bond donors (Lipinski definition) is 1. The number of nitrogens with one attached hydrogen (secondary N) is 1. The van der Waals surface area contributed by atoms with Gasteiger partial charge in [0, 0.05) is 51.2 Å². The second kappa shape index (κ2) is 7.43. The Hall–Kier alpha value is -2.17. The molecule has 1 aromatic carbocycles. The Labute approximate surface area is 198 Å². The first-order valence-corrected chi connectivity index (χ1v) is 12.4. The summed E-state index contributed by atoms with van der Waals surface area (Å²) < 4.78 is 0. The average Bonchev–Trinajstić information content (AvgIpc) is 3.06. The van der Waals surface area contributed by atoms with Crippen molar-refractivity contribution in [3.63, 3.8) is 0 Å². The number of allylic oxidation sites excluding steroid dienone is 4. The Kier molecular flexibility index (Phi) is 5.03. The Balaban J connectivity index is 1.76. The number of carbonyl (C=O) groups excluding carboxylic acids is 2. The molecule has 0 amide bonds. The first kappa shape index (κ1) is 21.7. The maximum Gasteiger partial charge on any atom is 0.162 e. The summed E-state index contributed by atoms with van der Waals surface area (Å²) in [5, 5.41) is 6.20. The number of benzene rings is 1. The van der Waals surface area contributed by atoms with Crippen molar-refractivity contribution in [2.75, 3.05) is 0 Å². The quantitative estimate of drug-likeness (QED) is 0.517. The summed E-state index contributed by atoms with van der Waals surface area (Å²) in [5.74, 6) is -0.0657. The van der Waals surface area contributed by atoms with E-state index >= 15 is 0 Å². The number of rotatable bonds is 2. The lowest BCUT2D eigenvalue weighted by Crippen LogP contribution is -2.42. The van der Waals surface area contributed by atoms with E-state index in [0.29, 0.717) is 17.9 Å². The highest BCUT2D eigenvalue weighted by Crippen LogP contribution is 2.54. The molecular formula is C27H28ClNO2S. The number of halogens is 1. The SMILES string of the molecule is CC1(C)CC(=O)C2=C(C1)NC1=C(C(=O)CC(C)(C)C1)C2c1scc(Cl)c1-c1ccccc1. The molecular weight excluding hydrogens is 438 g/mol. The Bertz CT molecular complexity index is 1150. The standard InChI is InChI=1S/C27H28ClNO2S/c1-26(2)10-17-22(19(30)12-26)24(23-18(29-17)11-27(3,4)13-20(23)31)25-21(16(28)14-32-25)15-8-6-5-7-9-15/h5-9,14,24,29H,10-13H2,1-4H3. The first-order chi connectivity index (χ1) is 15.1. The van der Waals surface area contributed by atoms with E-state index in [0.717, 1.165) is 51.4 Å². The molecule has 0 saturated carbocycles. The van der Waals surface area contributed by atoms with Crippen LogP contribution < -0.4 is 5.32 Å². The molecule has 1 N–H and O–H groups in total. The molecule has 0 radical (unpaired) electrons. The van der Waals surface area contributed by atoms with Crippen molar-refractivity contribution in [1.29, 1.82) is 0 Å². The fraction of sp³-hybridized carbons (Fsp3) is 0.407. The van der Waals surface area contributed by atoms with Crippen LogP contribution in [-0.2, 0) is 9.59 Å². The van der Waals surface area contributed by atoms with Crippen LogP contribution in [0.1, 0.15) is 64.2 Å². The van der Waals surface area contributed by atoms with Crippen molar-refractivity contribution in [3.8, 4) is 11.1 Å². The van der Waals surface area contributed by atoms with Crippen LogP contribution in [0.3, 0.4) is 0 Å². The molecule has 2 aliphatic carbocycles. The lowest BCUT2D eigenvalue weighted by molar-refractivity contribution is -0.119. The summed E-state index contributed by atoms with van der Waals surface area (Å²) in [4.78, 5) is 28.1. The van der Waals surface area contributed by atoms with Crippen LogP contribution in [0.5, 0.6) is 0 Å². The van der Waals surface area contributed by atoms with Crippen molar-refractivity contribution in [2.24, 2.45) is 10.8 Å². The van der Waals surface area contributed by atoms with Crippen molar-refractivity contribution in [3.05, 3.63) is 68.2 Å². The van der Waals surface area contributed by atoms with Gasteiger partial charge < -0.3 is 5.32 Å². The van der Waals surface area contributed by atoms with Crippen LogP contribution >= 0.6 is 22.9 Å². The highest BCUT2D eigenvalue weighted by molar-refractivity contribution is 7.11. The van der Waals surface area contributed by atoms with E-state index in [1.807, 2.05) is 35.7 Å². The summed E-state index contributed by atoms with van der Waals surface area (Å²) in [5.41, 5.74) is 5.28.